The van der Waals surface area contributed by atoms with Gasteiger partial charge in [0.15, 0.2) is 0 Å². The van der Waals surface area contributed by atoms with Gasteiger partial charge in [0.05, 0.1) is 32.9 Å². The molecule has 0 atom stereocenters. The van der Waals surface area contributed by atoms with E-state index < -0.39 is 31.7 Å². The molecular weight excluding hydrogens is 439 g/mol. The highest BCUT2D eigenvalue weighted by atomic mass is 35.5. The highest BCUT2D eigenvalue weighted by Gasteiger charge is 2.36. The number of para-hydroxylation sites is 1. The second-order valence-corrected chi connectivity index (χ2v) is 9.26. The third kappa shape index (κ3) is 3.97. The zero-order valence-electron chi connectivity index (χ0n) is 15.6. The average molecular weight is 456 g/mol. The van der Waals surface area contributed by atoms with Gasteiger partial charge in [-0.3, -0.25) is 4.98 Å². The van der Waals surface area contributed by atoms with Crippen LogP contribution in [0.5, 0.6) is 0 Å². The van der Waals surface area contributed by atoms with E-state index in [2.05, 4.69) is 4.98 Å². The van der Waals surface area contributed by atoms with Gasteiger partial charge in [-0.2, -0.15) is 17.5 Å². The molecule has 2 aromatic carbocycles. The number of alkyl halides is 3. The van der Waals surface area contributed by atoms with Crippen LogP contribution in [0, 0.1) is 0 Å². The summed E-state index contributed by atoms with van der Waals surface area (Å²) in [5, 5.41) is 0.445. The Morgan fingerprint density at radius 3 is 2.37 bits per heavy atom. The molecule has 0 amide bonds. The minimum atomic E-state index is -4.73. The summed E-state index contributed by atoms with van der Waals surface area (Å²) in [6.07, 6.45) is -2.99. The quantitative estimate of drug-likeness (QED) is 0.586. The molecule has 2 heterocycles. The van der Waals surface area contributed by atoms with Crippen molar-refractivity contribution in [1.29, 1.82) is 0 Å². The highest BCUT2D eigenvalue weighted by Crippen LogP contribution is 2.36. The monoisotopic (exact) mass is 455 g/mol. The van der Waals surface area contributed by atoms with Gasteiger partial charge in [-0.1, -0.05) is 29.8 Å². The lowest BCUT2D eigenvalue weighted by Crippen LogP contribution is -2.48. The maximum atomic E-state index is 13.1. The van der Waals surface area contributed by atoms with Crippen LogP contribution in [0.25, 0.3) is 10.9 Å². The molecule has 0 radical (unpaired) electrons. The number of halogens is 4. The Hall–Kier alpha value is -2.36. The van der Waals surface area contributed by atoms with Crippen molar-refractivity contribution in [1.82, 2.24) is 9.29 Å². The van der Waals surface area contributed by atoms with Crippen molar-refractivity contribution in [2.75, 3.05) is 31.1 Å². The lowest BCUT2D eigenvalue weighted by Gasteiger charge is -2.35. The van der Waals surface area contributed by atoms with Crippen LogP contribution in [0.4, 0.5) is 18.9 Å². The number of pyridine rings is 1. The van der Waals surface area contributed by atoms with E-state index in [1.165, 1.54) is 4.31 Å². The molecule has 0 N–H and O–H groups in total. The second-order valence-electron chi connectivity index (χ2n) is 6.92. The van der Waals surface area contributed by atoms with Crippen LogP contribution in [0.15, 0.2) is 59.6 Å². The maximum Gasteiger partial charge on any atom is 0.417 e. The van der Waals surface area contributed by atoms with Gasteiger partial charge in [-0.15, -0.1) is 0 Å². The third-order valence-corrected chi connectivity index (χ3v) is 7.29. The van der Waals surface area contributed by atoms with Crippen molar-refractivity contribution >= 4 is 38.2 Å². The van der Waals surface area contributed by atoms with Crippen molar-refractivity contribution in [2.45, 2.75) is 11.1 Å². The SMILES string of the molecule is O=S(=O)(c1ccc(Cl)c(C(F)(F)F)c1)N1CCN(c2cnc3ccccc3c2)CC1. The maximum absolute atomic E-state index is 13.1. The molecule has 0 bridgehead atoms. The predicted molar refractivity (Wildman–Crippen MR) is 109 cm³/mol. The first-order valence-electron chi connectivity index (χ1n) is 9.13. The number of hydrogen-bond donors (Lipinski definition) is 0. The molecule has 30 heavy (non-hydrogen) atoms. The Balaban J connectivity index is 1.53. The van der Waals surface area contributed by atoms with Crippen LogP contribution in [0.2, 0.25) is 5.02 Å². The Bertz CT molecular complexity index is 1190. The van der Waals surface area contributed by atoms with Crippen molar-refractivity contribution in [3.8, 4) is 0 Å². The molecular formula is C20H17ClF3N3O2S. The van der Waals surface area contributed by atoms with Crippen LogP contribution in [-0.4, -0.2) is 43.9 Å². The number of anilines is 1. The molecule has 0 saturated carbocycles. The van der Waals surface area contributed by atoms with Gasteiger partial charge in [0.25, 0.3) is 0 Å². The zero-order valence-corrected chi connectivity index (χ0v) is 17.2. The third-order valence-electron chi connectivity index (χ3n) is 5.06. The number of aromatic nitrogens is 1. The highest BCUT2D eigenvalue weighted by molar-refractivity contribution is 7.89. The Labute approximate surface area is 176 Å². The van der Waals surface area contributed by atoms with Crippen LogP contribution in [0.3, 0.4) is 0 Å². The molecule has 10 heteroatoms. The minimum Gasteiger partial charge on any atom is -0.368 e. The number of hydrogen-bond acceptors (Lipinski definition) is 4. The summed E-state index contributed by atoms with van der Waals surface area (Å²) in [6, 6.07) is 12.3. The first-order valence-corrected chi connectivity index (χ1v) is 10.9. The summed E-state index contributed by atoms with van der Waals surface area (Å²) >= 11 is 5.60. The van der Waals surface area contributed by atoms with E-state index in [0.29, 0.717) is 19.2 Å². The topological polar surface area (TPSA) is 53.5 Å². The number of nitrogens with zero attached hydrogens (tertiary/aromatic N) is 3. The fourth-order valence-corrected chi connectivity index (χ4v) is 5.12. The fourth-order valence-electron chi connectivity index (χ4n) is 3.45. The summed E-state index contributed by atoms with van der Waals surface area (Å²) < 4.78 is 66.3. The van der Waals surface area contributed by atoms with Gasteiger partial charge in [0.2, 0.25) is 10.0 Å². The summed E-state index contributed by atoms with van der Waals surface area (Å²) in [4.78, 5) is 6.01. The second kappa shape index (κ2) is 7.72. The van der Waals surface area contributed by atoms with Crippen LogP contribution in [0.1, 0.15) is 5.56 Å². The largest absolute Gasteiger partial charge is 0.417 e. The molecule has 1 aliphatic heterocycles. The van der Waals surface area contributed by atoms with Crippen LogP contribution in [-0.2, 0) is 16.2 Å². The van der Waals surface area contributed by atoms with Crippen molar-refractivity contribution < 1.29 is 21.6 Å². The van der Waals surface area contributed by atoms with Crippen LogP contribution < -0.4 is 4.90 Å². The lowest BCUT2D eigenvalue weighted by atomic mass is 10.2. The Morgan fingerprint density at radius 2 is 1.67 bits per heavy atom. The number of benzene rings is 2. The van der Waals surface area contributed by atoms with E-state index in [1.807, 2.05) is 35.2 Å². The summed E-state index contributed by atoms with van der Waals surface area (Å²) in [5.74, 6) is 0. The number of rotatable bonds is 3. The van der Waals surface area contributed by atoms with Gasteiger partial charge >= 0.3 is 6.18 Å². The molecule has 0 unspecified atom stereocenters. The van der Waals surface area contributed by atoms with Crippen LogP contribution >= 0.6 is 11.6 Å². The number of fused-ring (bicyclic) bond motifs is 1. The zero-order chi connectivity index (χ0) is 21.5. The summed E-state index contributed by atoms with van der Waals surface area (Å²) in [6.45, 7) is 1.11. The van der Waals surface area contributed by atoms with Gasteiger partial charge in [0, 0.05) is 31.6 Å². The first kappa shape index (κ1) is 20.9. The smallest absolute Gasteiger partial charge is 0.368 e. The average Bonchev–Trinajstić information content (AvgIpc) is 2.73. The molecule has 0 spiro atoms. The number of sulfonamides is 1. The molecule has 0 aliphatic carbocycles. The molecule has 5 nitrogen and oxygen atoms in total. The van der Waals surface area contributed by atoms with E-state index in [1.54, 1.807) is 6.20 Å². The first-order chi connectivity index (χ1) is 14.2. The summed E-state index contributed by atoms with van der Waals surface area (Å²) in [7, 11) is -4.07. The standard InChI is InChI=1S/C20H17ClF3N3O2S/c21-18-6-5-16(12-17(18)20(22,23)24)30(28,29)27-9-7-26(8-10-27)15-11-14-3-1-2-4-19(14)25-13-15/h1-6,11-13H,7-10H2. The normalized spacial score (nSPS) is 16.2. The van der Waals surface area contributed by atoms with Crippen molar-refractivity contribution in [3.63, 3.8) is 0 Å². The Kier molecular flexibility index (Phi) is 5.37. The van der Waals surface area contributed by atoms with E-state index >= 15 is 0 Å². The van der Waals surface area contributed by atoms with Gasteiger partial charge in [-0.25, -0.2) is 8.42 Å². The molecule has 1 fully saturated rings. The summed E-state index contributed by atoms with van der Waals surface area (Å²) in [5.41, 5.74) is 0.577. The molecule has 4 rings (SSSR count). The molecule has 1 aliphatic rings. The molecule has 1 aromatic heterocycles. The van der Waals surface area contributed by atoms with E-state index in [-0.39, 0.29) is 13.1 Å². The van der Waals surface area contributed by atoms with E-state index in [9.17, 15) is 21.6 Å². The van der Waals surface area contributed by atoms with Gasteiger partial charge < -0.3 is 4.90 Å². The van der Waals surface area contributed by atoms with E-state index in [4.69, 9.17) is 11.6 Å². The fraction of sp³-hybridized carbons (Fsp3) is 0.250. The molecule has 3 aromatic rings. The van der Waals surface area contributed by atoms with Gasteiger partial charge in [0.1, 0.15) is 0 Å². The number of piperazine rings is 1. The minimum absolute atomic E-state index is 0.152. The molecule has 1 saturated heterocycles. The molecule has 158 valence electrons. The predicted octanol–water partition coefficient (Wildman–Crippen LogP) is 4.42. The van der Waals surface area contributed by atoms with Gasteiger partial charge in [-0.05, 0) is 30.3 Å². The van der Waals surface area contributed by atoms with Crippen molar-refractivity contribution in [3.05, 3.63) is 65.3 Å². The van der Waals surface area contributed by atoms with Crippen molar-refractivity contribution in [2.24, 2.45) is 0 Å². The Morgan fingerprint density at radius 1 is 0.967 bits per heavy atom. The lowest BCUT2D eigenvalue weighted by molar-refractivity contribution is -0.137. The van der Waals surface area contributed by atoms with E-state index in [0.717, 1.165) is 28.7 Å².